The molecule has 1 fully saturated rings. The first kappa shape index (κ1) is 18.5. The lowest BCUT2D eigenvalue weighted by molar-refractivity contribution is -0.128. The molecule has 0 aliphatic carbocycles. The van der Waals surface area contributed by atoms with Crippen LogP contribution in [0.2, 0.25) is 0 Å². The van der Waals surface area contributed by atoms with Crippen LogP contribution < -0.4 is 10.2 Å². The molecule has 0 bridgehead atoms. The summed E-state index contributed by atoms with van der Waals surface area (Å²) >= 11 is 1.37. The van der Waals surface area contributed by atoms with Crippen molar-refractivity contribution in [2.75, 3.05) is 18.1 Å². The molecule has 2 amide bonds. The van der Waals surface area contributed by atoms with Gasteiger partial charge in [-0.25, -0.2) is 0 Å². The minimum atomic E-state index is -0.709. The summed E-state index contributed by atoms with van der Waals surface area (Å²) < 4.78 is 0. The molecule has 1 aliphatic heterocycles. The Morgan fingerprint density at radius 2 is 2.08 bits per heavy atom. The first-order chi connectivity index (χ1) is 12.4. The van der Waals surface area contributed by atoms with Crippen molar-refractivity contribution in [1.82, 2.24) is 15.5 Å². The van der Waals surface area contributed by atoms with Gasteiger partial charge in [0.25, 0.3) is 0 Å². The molecule has 1 aromatic carbocycles. The van der Waals surface area contributed by atoms with E-state index in [2.05, 4.69) is 15.5 Å². The second-order valence-electron chi connectivity index (χ2n) is 7.08. The van der Waals surface area contributed by atoms with Crippen LogP contribution in [0, 0.1) is 5.92 Å². The fourth-order valence-corrected chi connectivity index (χ4v) is 3.64. The van der Waals surface area contributed by atoms with Gasteiger partial charge in [0.05, 0.1) is 18.1 Å². The Balaban J connectivity index is 1.65. The summed E-state index contributed by atoms with van der Waals surface area (Å²) in [5.74, 6) is -0.807. The highest BCUT2D eigenvalue weighted by Crippen LogP contribution is 2.29. The fraction of sp³-hybridized carbons (Fsp3) is 0.444. The standard InChI is InChI=1S/C18H22N4O3S/c1-18(2,11-23)19-16(25)13-9-15(24)22(10-13)17-21-20-14(26-17)8-12-6-4-3-5-7-12/h3-7,13,23H,8-11H2,1-2H3,(H,19,25). The Bertz CT molecular complexity index is 791. The molecule has 2 aromatic rings. The molecule has 3 rings (SSSR count). The molecule has 2 heterocycles. The van der Waals surface area contributed by atoms with Crippen LogP contribution in [-0.4, -0.2) is 45.8 Å². The molecule has 7 nitrogen and oxygen atoms in total. The third kappa shape index (κ3) is 4.25. The molecule has 26 heavy (non-hydrogen) atoms. The average molecular weight is 374 g/mol. The quantitative estimate of drug-likeness (QED) is 0.796. The first-order valence-electron chi connectivity index (χ1n) is 8.47. The zero-order chi connectivity index (χ0) is 18.7. The van der Waals surface area contributed by atoms with Crippen molar-refractivity contribution in [3.63, 3.8) is 0 Å². The highest BCUT2D eigenvalue weighted by atomic mass is 32.1. The Morgan fingerprint density at radius 1 is 1.35 bits per heavy atom. The molecular weight excluding hydrogens is 352 g/mol. The summed E-state index contributed by atoms with van der Waals surface area (Å²) in [5, 5.41) is 21.7. The number of nitrogens with one attached hydrogen (secondary N) is 1. The lowest BCUT2D eigenvalue weighted by Crippen LogP contribution is -2.49. The molecule has 1 aliphatic rings. The number of aromatic nitrogens is 2. The molecule has 0 spiro atoms. The molecule has 1 unspecified atom stereocenters. The molecule has 1 aromatic heterocycles. The maximum Gasteiger partial charge on any atom is 0.229 e. The number of aliphatic hydroxyl groups is 1. The van der Waals surface area contributed by atoms with E-state index in [0.717, 1.165) is 10.6 Å². The predicted octanol–water partition coefficient (Wildman–Crippen LogP) is 1.37. The molecule has 8 heteroatoms. The largest absolute Gasteiger partial charge is 0.394 e. The SMILES string of the molecule is CC(C)(CO)NC(=O)C1CC(=O)N(c2nnc(Cc3ccccc3)s2)C1. The van der Waals surface area contributed by atoms with Gasteiger partial charge in [0, 0.05) is 19.4 Å². The number of benzene rings is 1. The fourth-order valence-electron chi connectivity index (χ4n) is 2.74. The zero-order valence-electron chi connectivity index (χ0n) is 14.8. The second kappa shape index (κ2) is 7.51. The Hall–Kier alpha value is -2.32. The van der Waals surface area contributed by atoms with Gasteiger partial charge in [-0.1, -0.05) is 41.7 Å². The van der Waals surface area contributed by atoms with Gasteiger partial charge >= 0.3 is 0 Å². The minimum Gasteiger partial charge on any atom is -0.394 e. The molecule has 138 valence electrons. The van der Waals surface area contributed by atoms with E-state index in [4.69, 9.17) is 0 Å². The summed E-state index contributed by atoms with van der Waals surface area (Å²) in [6.07, 6.45) is 0.802. The minimum absolute atomic E-state index is 0.130. The normalized spacial score (nSPS) is 17.6. The van der Waals surface area contributed by atoms with Gasteiger partial charge in [-0.3, -0.25) is 14.5 Å². The van der Waals surface area contributed by atoms with Crippen molar-refractivity contribution in [3.8, 4) is 0 Å². The van der Waals surface area contributed by atoms with Crippen molar-refractivity contribution in [3.05, 3.63) is 40.9 Å². The lowest BCUT2D eigenvalue weighted by Gasteiger charge is -2.25. The Labute approximate surface area is 156 Å². The summed E-state index contributed by atoms with van der Waals surface area (Å²) in [7, 11) is 0. The number of hydrogen-bond donors (Lipinski definition) is 2. The van der Waals surface area contributed by atoms with Gasteiger partial charge in [-0.05, 0) is 19.4 Å². The van der Waals surface area contributed by atoms with E-state index in [1.165, 1.54) is 16.2 Å². The molecule has 0 saturated carbocycles. The molecule has 2 N–H and O–H groups in total. The van der Waals surface area contributed by atoms with E-state index < -0.39 is 11.5 Å². The second-order valence-corrected chi connectivity index (χ2v) is 8.12. The van der Waals surface area contributed by atoms with Crippen LogP contribution in [-0.2, 0) is 16.0 Å². The molecule has 1 saturated heterocycles. The van der Waals surface area contributed by atoms with Gasteiger partial charge in [0.2, 0.25) is 16.9 Å². The maximum atomic E-state index is 12.4. The van der Waals surface area contributed by atoms with Gasteiger partial charge in [0.15, 0.2) is 0 Å². The van der Waals surface area contributed by atoms with Crippen LogP contribution in [0.5, 0.6) is 0 Å². The van der Waals surface area contributed by atoms with E-state index in [9.17, 15) is 14.7 Å². The molecule has 1 atom stereocenters. The Kier molecular flexibility index (Phi) is 5.33. The maximum absolute atomic E-state index is 12.4. The lowest BCUT2D eigenvalue weighted by atomic mass is 10.0. The van der Waals surface area contributed by atoms with E-state index >= 15 is 0 Å². The molecular formula is C18H22N4O3S. The van der Waals surface area contributed by atoms with Gasteiger partial charge < -0.3 is 10.4 Å². The third-order valence-corrected chi connectivity index (χ3v) is 5.18. The number of nitrogens with zero attached hydrogens (tertiary/aromatic N) is 3. The van der Waals surface area contributed by atoms with Gasteiger partial charge in [-0.2, -0.15) is 0 Å². The highest BCUT2D eigenvalue weighted by Gasteiger charge is 2.38. The summed E-state index contributed by atoms with van der Waals surface area (Å²) in [6.45, 7) is 3.59. The van der Waals surface area contributed by atoms with Crippen LogP contribution in [0.25, 0.3) is 0 Å². The summed E-state index contributed by atoms with van der Waals surface area (Å²) in [5.41, 5.74) is 0.422. The molecule has 0 radical (unpaired) electrons. The average Bonchev–Trinajstić information content (AvgIpc) is 3.22. The summed E-state index contributed by atoms with van der Waals surface area (Å²) in [4.78, 5) is 26.2. The first-order valence-corrected chi connectivity index (χ1v) is 9.29. The number of anilines is 1. The predicted molar refractivity (Wildman–Crippen MR) is 98.9 cm³/mol. The van der Waals surface area contributed by atoms with Crippen LogP contribution in [0.4, 0.5) is 5.13 Å². The summed E-state index contributed by atoms with van der Waals surface area (Å²) in [6, 6.07) is 9.94. The number of amides is 2. The number of rotatable bonds is 6. The number of aliphatic hydroxyl groups excluding tert-OH is 1. The van der Waals surface area contributed by atoms with E-state index in [1.54, 1.807) is 13.8 Å². The van der Waals surface area contributed by atoms with Crippen LogP contribution in [0.3, 0.4) is 0 Å². The van der Waals surface area contributed by atoms with E-state index in [0.29, 0.717) is 11.6 Å². The Morgan fingerprint density at radius 3 is 2.77 bits per heavy atom. The van der Waals surface area contributed by atoms with Crippen molar-refractivity contribution in [2.45, 2.75) is 32.2 Å². The topological polar surface area (TPSA) is 95.4 Å². The van der Waals surface area contributed by atoms with Crippen molar-refractivity contribution in [1.29, 1.82) is 0 Å². The highest BCUT2D eigenvalue weighted by molar-refractivity contribution is 7.15. The number of carbonyl (C=O) groups excluding carboxylic acids is 2. The van der Waals surface area contributed by atoms with Gasteiger partial charge in [-0.15, -0.1) is 10.2 Å². The third-order valence-electron chi connectivity index (χ3n) is 4.24. The van der Waals surface area contributed by atoms with Crippen LogP contribution in [0.15, 0.2) is 30.3 Å². The monoisotopic (exact) mass is 374 g/mol. The zero-order valence-corrected chi connectivity index (χ0v) is 15.6. The van der Waals surface area contributed by atoms with E-state index in [1.807, 2.05) is 30.3 Å². The number of hydrogen-bond acceptors (Lipinski definition) is 6. The van der Waals surface area contributed by atoms with Crippen LogP contribution >= 0.6 is 11.3 Å². The van der Waals surface area contributed by atoms with Crippen LogP contribution in [0.1, 0.15) is 30.8 Å². The smallest absolute Gasteiger partial charge is 0.229 e. The van der Waals surface area contributed by atoms with Gasteiger partial charge in [0.1, 0.15) is 5.01 Å². The van der Waals surface area contributed by atoms with Crippen molar-refractivity contribution < 1.29 is 14.7 Å². The van der Waals surface area contributed by atoms with Crippen molar-refractivity contribution >= 4 is 28.3 Å². The van der Waals surface area contributed by atoms with E-state index in [-0.39, 0.29) is 31.4 Å². The number of carbonyl (C=O) groups is 2. The van der Waals surface area contributed by atoms with Crippen molar-refractivity contribution in [2.24, 2.45) is 5.92 Å².